The van der Waals surface area contributed by atoms with Crippen molar-refractivity contribution in [3.05, 3.63) is 65.9 Å². The molecule has 2 aromatic rings. The molecule has 0 aliphatic carbocycles. The van der Waals surface area contributed by atoms with Crippen molar-refractivity contribution >= 4 is 11.7 Å². The number of carbonyl (C=O) groups excluding carboxylic acids is 1. The van der Waals surface area contributed by atoms with Gasteiger partial charge in [0.05, 0.1) is 12.2 Å². The molecule has 112 valence electrons. The summed E-state index contributed by atoms with van der Waals surface area (Å²) in [6, 6.07) is 17.2. The molecule has 3 rings (SSSR count). The van der Waals surface area contributed by atoms with Crippen molar-refractivity contribution in [1.82, 2.24) is 0 Å². The summed E-state index contributed by atoms with van der Waals surface area (Å²) in [5, 5.41) is 3.23. The number of hydrogen-bond donors (Lipinski definition) is 1. The maximum Gasteiger partial charge on any atom is 0.335 e. The molecule has 0 saturated carbocycles. The van der Waals surface area contributed by atoms with Gasteiger partial charge in [0.2, 0.25) is 0 Å². The van der Waals surface area contributed by atoms with E-state index in [-0.39, 0.29) is 5.97 Å². The van der Waals surface area contributed by atoms with Gasteiger partial charge in [-0.25, -0.2) is 4.79 Å². The molecule has 0 spiro atoms. The summed E-state index contributed by atoms with van der Waals surface area (Å²) < 4.78 is 10.7. The van der Waals surface area contributed by atoms with E-state index >= 15 is 0 Å². The van der Waals surface area contributed by atoms with Crippen LogP contribution in [-0.4, -0.2) is 12.6 Å². The number of anilines is 1. The zero-order chi connectivity index (χ0) is 15.4. The van der Waals surface area contributed by atoms with Gasteiger partial charge in [-0.05, 0) is 43.3 Å². The number of rotatable bonds is 4. The van der Waals surface area contributed by atoms with Crippen LogP contribution in [0, 0.1) is 0 Å². The van der Waals surface area contributed by atoms with Crippen LogP contribution in [0.15, 0.2) is 65.9 Å². The van der Waals surface area contributed by atoms with Crippen molar-refractivity contribution in [3.63, 3.8) is 0 Å². The van der Waals surface area contributed by atoms with Crippen LogP contribution in [0.5, 0.6) is 11.5 Å². The predicted molar refractivity (Wildman–Crippen MR) is 84.9 cm³/mol. The average molecular weight is 295 g/mol. The third kappa shape index (κ3) is 3.28. The van der Waals surface area contributed by atoms with Gasteiger partial charge in [0.25, 0.3) is 0 Å². The third-order valence-electron chi connectivity index (χ3n) is 3.45. The minimum atomic E-state index is -0.228. The number of para-hydroxylation sites is 1. The van der Waals surface area contributed by atoms with Crippen LogP contribution in [0.25, 0.3) is 0 Å². The summed E-state index contributed by atoms with van der Waals surface area (Å²) in [7, 11) is 0. The summed E-state index contributed by atoms with van der Waals surface area (Å²) in [5.41, 5.74) is 2.45. The SMILES string of the molecule is CC(Nc1ccc(Oc2ccccc2)cc1)=C1CCOC1=O. The third-order valence-corrected chi connectivity index (χ3v) is 3.45. The number of nitrogens with one attached hydrogen (secondary N) is 1. The van der Waals surface area contributed by atoms with E-state index in [0.29, 0.717) is 18.6 Å². The van der Waals surface area contributed by atoms with Crippen LogP contribution < -0.4 is 10.1 Å². The van der Waals surface area contributed by atoms with Crippen molar-refractivity contribution in [2.24, 2.45) is 0 Å². The van der Waals surface area contributed by atoms with Crippen LogP contribution in [0.2, 0.25) is 0 Å². The van der Waals surface area contributed by atoms with E-state index in [0.717, 1.165) is 22.9 Å². The molecule has 4 heteroatoms. The van der Waals surface area contributed by atoms with E-state index in [1.54, 1.807) is 0 Å². The largest absolute Gasteiger partial charge is 0.462 e. The van der Waals surface area contributed by atoms with Gasteiger partial charge in [-0.1, -0.05) is 18.2 Å². The van der Waals surface area contributed by atoms with E-state index in [4.69, 9.17) is 9.47 Å². The smallest absolute Gasteiger partial charge is 0.335 e. The number of esters is 1. The standard InChI is InChI=1S/C18H17NO3/c1-13(17-11-12-21-18(17)20)19-14-7-9-16(10-8-14)22-15-5-3-2-4-6-15/h2-10,19H,11-12H2,1H3. The Balaban J connectivity index is 1.68. The highest BCUT2D eigenvalue weighted by Gasteiger charge is 2.21. The maximum atomic E-state index is 11.5. The Hall–Kier alpha value is -2.75. The number of ether oxygens (including phenoxy) is 2. The molecular formula is C18H17NO3. The van der Waals surface area contributed by atoms with Gasteiger partial charge in [-0.2, -0.15) is 0 Å². The molecule has 0 atom stereocenters. The first-order chi connectivity index (χ1) is 10.7. The van der Waals surface area contributed by atoms with Crippen molar-refractivity contribution in [1.29, 1.82) is 0 Å². The number of cyclic esters (lactones) is 1. The van der Waals surface area contributed by atoms with Crippen LogP contribution in [0.4, 0.5) is 5.69 Å². The van der Waals surface area contributed by atoms with Crippen LogP contribution >= 0.6 is 0 Å². The monoisotopic (exact) mass is 295 g/mol. The topological polar surface area (TPSA) is 47.6 Å². The molecule has 22 heavy (non-hydrogen) atoms. The van der Waals surface area contributed by atoms with Crippen molar-refractivity contribution in [2.75, 3.05) is 11.9 Å². The summed E-state index contributed by atoms with van der Waals surface area (Å²) in [6.45, 7) is 2.35. The first kappa shape index (κ1) is 14.2. The van der Waals surface area contributed by atoms with Crippen LogP contribution in [0.3, 0.4) is 0 Å². The molecule has 0 radical (unpaired) electrons. The summed E-state index contributed by atoms with van der Waals surface area (Å²) in [4.78, 5) is 11.5. The van der Waals surface area contributed by atoms with E-state index < -0.39 is 0 Å². The molecule has 2 aromatic carbocycles. The fraction of sp³-hybridized carbons (Fsp3) is 0.167. The van der Waals surface area contributed by atoms with Gasteiger partial charge in [0, 0.05) is 17.8 Å². The second kappa shape index (κ2) is 6.35. The maximum absolute atomic E-state index is 11.5. The number of hydrogen-bond acceptors (Lipinski definition) is 4. The summed E-state index contributed by atoms with van der Waals surface area (Å²) in [6.07, 6.45) is 0.660. The molecule has 1 aliphatic rings. The Labute approximate surface area is 129 Å². The minimum Gasteiger partial charge on any atom is -0.462 e. The van der Waals surface area contributed by atoms with Gasteiger partial charge in [-0.3, -0.25) is 0 Å². The zero-order valence-corrected chi connectivity index (χ0v) is 12.3. The second-order valence-electron chi connectivity index (χ2n) is 5.05. The summed E-state index contributed by atoms with van der Waals surface area (Å²) >= 11 is 0. The zero-order valence-electron chi connectivity index (χ0n) is 12.3. The molecule has 0 unspecified atom stereocenters. The lowest BCUT2D eigenvalue weighted by atomic mass is 10.2. The molecule has 4 nitrogen and oxygen atoms in total. The highest BCUT2D eigenvalue weighted by molar-refractivity contribution is 5.91. The molecule has 1 N–H and O–H groups in total. The molecule has 1 saturated heterocycles. The lowest BCUT2D eigenvalue weighted by Crippen LogP contribution is -2.04. The van der Waals surface area contributed by atoms with E-state index in [1.807, 2.05) is 61.5 Å². The van der Waals surface area contributed by atoms with E-state index in [9.17, 15) is 4.79 Å². The first-order valence-electron chi connectivity index (χ1n) is 7.19. The Kier molecular flexibility index (Phi) is 4.10. The van der Waals surface area contributed by atoms with Crippen molar-refractivity contribution < 1.29 is 14.3 Å². The molecule has 1 fully saturated rings. The lowest BCUT2D eigenvalue weighted by molar-refractivity contribution is -0.135. The first-order valence-corrected chi connectivity index (χ1v) is 7.19. The predicted octanol–water partition coefficient (Wildman–Crippen LogP) is 4.11. The van der Waals surface area contributed by atoms with Gasteiger partial charge >= 0.3 is 5.97 Å². The van der Waals surface area contributed by atoms with Crippen molar-refractivity contribution in [2.45, 2.75) is 13.3 Å². The van der Waals surface area contributed by atoms with Gasteiger partial charge in [0.15, 0.2) is 0 Å². The molecule has 0 bridgehead atoms. The Morgan fingerprint density at radius 1 is 1.05 bits per heavy atom. The molecule has 0 amide bonds. The Morgan fingerprint density at radius 3 is 2.36 bits per heavy atom. The van der Waals surface area contributed by atoms with Crippen molar-refractivity contribution in [3.8, 4) is 11.5 Å². The Bertz CT molecular complexity index is 690. The molecular weight excluding hydrogens is 278 g/mol. The van der Waals surface area contributed by atoms with Crippen LogP contribution in [-0.2, 0) is 9.53 Å². The normalized spacial score (nSPS) is 16.1. The molecule has 1 heterocycles. The fourth-order valence-corrected chi connectivity index (χ4v) is 2.30. The quantitative estimate of drug-likeness (QED) is 0.681. The highest BCUT2D eigenvalue weighted by Crippen LogP contribution is 2.24. The van der Waals surface area contributed by atoms with Gasteiger partial charge < -0.3 is 14.8 Å². The van der Waals surface area contributed by atoms with E-state index in [1.165, 1.54) is 0 Å². The lowest BCUT2D eigenvalue weighted by Gasteiger charge is -2.10. The minimum absolute atomic E-state index is 0.228. The second-order valence-corrected chi connectivity index (χ2v) is 5.05. The fourth-order valence-electron chi connectivity index (χ4n) is 2.30. The highest BCUT2D eigenvalue weighted by atomic mass is 16.5. The number of allylic oxidation sites excluding steroid dienone is 1. The van der Waals surface area contributed by atoms with Crippen LogP contribution in [0.1, 0.15) is 13.3 Å². The average Bonchev–Trinajstić information content (AvgIpc) is 2.96. The Morgan fingerprint density at radius 2 is 1.73 bits per heavy atom. The van der Waals surface area contributed by atoms with E-state index in [2.05, 4.69) is 5.32 Å². The summed E-state index contributed by atoms with van der Waals surface area (Å²) in [5.74, 6) is 1.34. The molecule has 0 aromatic heterocycles. The van der Waals surface area contributed by atoms with Gasteiger partial charge in [-0.15, -0.1) is 0 Å². The molecule has 1 aliphatic heterocycles. The number of benzene rings is 2. The number of carbonyl (C=O) groups is 1. The van der Waals surface area contributed by atoms with Gasteiger partial charge in [0.1, 0.15) is 11.5 Å².